The molecule has 2 aromatic rings. The summed E-state index contributed by atoms with van der Waals surface area (Å²) in [5, 5.41) is 0.501. The quantitative estimate of drug-likeness (QED) is 0.483. The highest BCUT2D eigenvalue weighted by Crippen LogP contribution is 2.20. The summed E-state index contributed by atoms with van der Waals surface area (Å²) in [5.74, 6) is 5.62. The summed E-state index contributed by atoms with van der Waals surface area (Å²) in [4.78, 5) is 3.98. The van der Waals surface area contributed by atoms with Crippen molar-refractivity contribution in [3.05, 3.63) is 64.9 Å². The van der Waals surface area contributed by atoms with Crippen molar-refractivity contribution >= 4 is 11.6 Å². The van der Waals surface area contributed by atoms with E-state index in [0.717, 1.165) is 24.8 Å². The van der Waals surface area contributed by atoms with Gasteiger partial charge in [0.25, 0.3) is 0 Å². The Bertz CT molecular complexity index is 502. The number of nitrogens with zero attached hydrogens (tertiary/aromatic N) is 1. The minimum atomic E-state index is 0.115. The number of benzene rings is 1. The summed E-state index contributed by atoms with van der Waals surface area (Å²) in [5.41, 5.74) is 5.28. The lowest BCUT2D eigenvalue weighted by molar-refractivity contribution is 0.498. The van der Waals surface area contributed by atoms with E-state index in [1.165, 1.54) is 5.56 Å². The van der Waals surface area contributed by atoms with E-state index >= 15 is 0 Å². The maximum absolute atomic E-state index is 5.90. The van der Waals surface area contributed by atoms with Gasteiger partial charge in [-0.15, -0.1) is 0 Å². The highest BCUT2D eigenvalue weighted by molar-refractivity contribution is 6.29. The second-order valence-corrected chi connectivity index (χ2v) is 4.90. The number of pyridine rings is 1. The van der Waals surface area contributed by atoms with Crippen LogP contribution in [-0.4, -0.2) is 4.98 Å². The number of aromatic nitrogens is 1. The van der Waals surface area contributed by atoms with Gasteiger partial charge in [-0.25, -0.2) is 4.98 Å². The Morgan fingerprint density at radius 3 is 2.68 bits per heavy atom. The van der Waals surface area contributed by atoms with E-state index in [0.29, 0.717) is 5.15 Å². The van der Waals surface area contributed by atoms with Crippen LogP contribution in [0.25, 0.3) is 0 Å². The second kappa shape index (κ2) is 7.24. The Morgan fingerprint density at radius 2 is 2.00 bits per heavy atom. The summed E-state index contributed by atoms with van der Waals surface area (Å²) < 4.78 is 0. The van der Waals surface area contributed by atoms with E-state index in [1.54, 1.807) is 6.20 Å². The molecule has 0 saturated carbocycles. The molecule has 0 aliphatic rings. The summed E-state index contributed by atoms with van der Waals surface area (Å²) in [6, 6.07) is 14.4. The minimum absolute atomic E-state index is 0.115. The topological polar surface area (TPSA) is 50.9 Å². The molecule has 19 heavy (non-hydrogen) atoms. The molecule has 0 fully saturated rings. The Balaban J connectivity index is 1.89. The monoisotopic (exact) mass is 275 g/mol. The molecule has 1 heterocycles. The molecule has 1 aromatic heterocycles. The third kappa shape index (κ3) is 4.31. The molecule has 3 N–H and O–H groups in total. The predicted octanol–water partition coefficient (Wildman–Crippen LogP) is 3.26. The van der Waals surface area contributed by atoms with Crippen LogP contribution in [0, 0.1) is 0 Å². The second-order valence-electron chi connectivity index (χ2n) is 4.51. The summed E-state index contributed by atoms with van der Waals surface area (Å²) in [7, 11) is 0. The lowest BCUT2D eigenvalue weighted by Gasteiger charge is -2.16. The highest BCUT2D eigenvalue weighted by Gasteiger charge is 2.10. The van der Waals surface area contributed by atoms with Crippen molar-refractivity contribution in [2.75, 3.05) is 0 Å². The molecule has 4 heteroatoms. The number of aryl methyl sites for hydroxylation is 1. The summed E-state index contributed by atoms with van der Waals surface area (Å²) in [6.45, 7) is 0. The van der Waals surface area contributed by atoms with Crippen molar-refractivity contribution in [2.45, 2.75) is 25.3 Å². The van der Waals surface area contributed by atoms with E-state index < -0.39 is 0 Å². The molecule has 0 spiro atoms. The largest absolute Gasteiger partial charge is 0.271 e. The molecular weight excluding hydrogens is 258 g/mol. The number of hydrogen-bond acceptors (Lipinski definition) is 3. The van der Waals surface area contributed by atoms with E-state index in [4.69, 9.17) is 17.4 Å². The Morgan fingerprint density at radius 1 is 1.21 bits per heavy atom. The lowest BCUT2D eigenvalue weighted by atomic mass is 10.0. The maximum atomic E-state index is 5.90. The van der Waals surface area contributed by atoms with Crippen LogP contribution >= 0.6 is 11.6 Å². The molecule has 0 bridgehead atoms. The van der Waals surface area contributed by atoms with Crippen molar-refractivity contribution in [3.63, 3.8) is 0 Å². The van der Waals surface area contributed by atoms with Gasteiger partial charge < -0.3 is 0 Å². The molecule has 1 aromatic carbocycles. The van der Waals surface area contributed by atoms with Crippen molar-refractivity contribution < 1.29 is 0 Å². The van der Waals surface area contributed by atoms with E-state index in [-0.39, 0.29) is 6.04 Å². The fraction of sp³-hybridized carbons (Fsp3) is 0.267. The Labute approximate surface area is 118 Å². The zero-order chi connectivity index (χ0) is 13.5. The Hall–Kier alpha value is -1.42. The number of nitrogens with two attached hydrogens (primary N) is 1. The first kappa shape index (κ1) is 14.0. The van der Waals surface area contributed by atoms with Crippen molar-refractivity contribution in [1.29, 1.82) is 0 Å². The Kier molecular flexibility index (Phi) is 5.33. The molecule has 0 saturated heterocycles. The molecule has 1 unspecified atom stereocenters. The fourth-order valence-corrected chi connectivity index (χ4v) is 2.32. The van der Waals surface area contributed by atoms with Gasteiger partial charge in [-0.1, -0.05) is 41.9 Å². The van der Waals surface area contributed by atoms with E-state index in [1.807, 2.05) is 18.2 Å². The van der Waals surface area contributed by atoms with Crippen LogP contribution in [0.4, 0.5) is 0 Å². The number of nitrogens with one attached hydrogen (secondary N) is 1. The highest BCUT2D eigenvalue weighted by atomic mass is 35.5. The summed E-state index contributed by atoms with van der Waals surface area (Å²) >= 11 is 5.90. The van der Waals surface area contributed by atoms with Gasteiger partial charge in [0.2, 0.25) is 0 Å². The van der Waals surface area contributed by atoms with Gasteiger partial charge in [0.15, 0.2) is 0 Å². The van der Waals surface area contributed by atoms with Crippen LogP contribution in [-0.2, 0) is 6.42 Å². The van der Waals surface area contributed by atoms with E-state index in [9.17, 15) is 0 Å². The van der Waals surface area contributed by atoms with Gasteiger partial charge in [0.05, 0.1) is 0 Å². The molecule has 0 amide bonds. The number of hydrogen-bond donors (Lipinski definition) is 2. The number of halogens is 1. The van der Waals surface area contributed by atoms with Crippen LogP contribution in [0.5, 0.6) is 0 Å². The normalized spacial score (nSPS) is 12.3. The molecule has 0 aliphatic heterocycles. The maximum Gasteiger partial charge on any atom is 0.129 e. The zero-order valence-electron chi connectivity index (χ0n) is 10.7. The van der Waals surface area contributed by atoms with Crippen molar-refractivity contribution in [2.24, 2.45) is 5.84 Å². The predicted molar refractivity (Wildman–Crippen MR) is 78.7 cm³/mol. The van der Waals surface area contributed by atoms with Crippen LogP contribution in [0.3, 0.4) is 0 Å². The smallest absolute Gasteiger partial charge is 0.129 e. The van der Waals surface area contributed by atoms with Crippen molar-refractivity contribution in [1.82, 2.24) is 10.4 Å². The molecule has 2 rings (SSSR count). The number of hydrazine groups is 1. The van der Waals surface area contributed by atoms with Crippen LogP contribution in [0.2, 0.25) is 5.15 Å². The first-order valence-corrected chi connectivity index (χ1v) is 6.79. The SMILES string of the molecule is NNC(CCCc1ccccc1)c1ccnc(Cl)c1. The van der Waals surface area contributed by atoms with Gasteiger partial charge >= 0.3 is 0 Å². The van der Waals surface area contributed by atoms with Crippen molar-refractivity contribution in [3.8, 4) is 0 Å². The van der Waals surface area contributed by atoms with Gasteiger partial charge in [0, 0.05) is 12.2 Å². The molecule has 3 nitrogen and oxygen atoms in total. The molecule has 0 aliphatic carbocycles. The third-order valence-corrected chi connectivity index (χ3v) is 3.36. The van der Waals surface area contributed by atoms with Crippen LogP contribution in [0.15, 0.2) is 48.7 Å². The first-order valence-electron chi connectivity index (χ1n) is 6.41. The molecule has 1 atom stereocenters. The molecular formula is C15H18ClN3. The van der Waals surface area contributed by atoms with Crippen LogP contribution in [0.1, 0.15) is 30.0 Å². The van der Waals surface area contributed by atoms with E-state index in [2.05, 4.69) is 34.7 Å². The standard InChI is InChI=1S/C15H18ClN3/c16-15-11-13(9-10-18-15)14(19-17)8-4-7-12-5-2-1-3-6-12/h1-3,5-6,9-11,14,19H,4,7-8,17H2. The van der Waals surface area contributed by atoms with Gasteiger partial charge in [0.1, 0.15) is 5.15 Å². The van der Waals surface area contributed by atoms with Crippen LogP contribution < -0.4 is 11.3 Å². The van der Waals surface area contributed by atoms with Gasteiger partial charge in [-0.05, 0) is 42.5 Å². The average Bonchev–Trinajstić information content (AvgIpc) is 2.45. The molecule has 100 valence electrons. The first-order chi connectivity index (χ1) is 9.29. The minimum Gasteiger partial charge on any atom is -0.271 e. The van der Waals surface area contributed by atoms with Gasteiger partial charge in [-0.3, -0.25) is 11.3 Å². The average molecular weight is 276 g/mol. The fourth-order valence-electron chi connectivity index (χ4n) is 2.14. The third-order valence-electron chi connectivity index (χ3n) is 3.16. The summed E-state index contributed by atoms with van der Waals surface area (Å²) in [6.07, 6.45) is 4.79. The van der Waals surface area contributed by atoms with Gasteiger partial charge in [-0.2, -0.15) is 0 Å². The number of rotatable bonds is 6. The molecule has 0 radical (unpaired) electrons. The zero-order valence-corrected chi connectivity index (χ0v) is 11.5. The lowest BCUT2D eigenvalue weighted by Crippen LogP contribution is -2.28.